The molecule has 362 valence electrons. The monoisotopic (exact) mass is 987 g/mol. The molecule has 70 heavy (non-hydrogen) atoms. The smallest absolute Gasteiger partial charge is 0.414 e. The second-order valence-electron chi connectivity index (χ2n) is 18.0. The Labute approximate surface area is 410 Å². The third kappa shape index (κ3) is 9.63. The highest BCUT2D eigenvalue weighted by molar-refractivity contribution is 8.02. The molecular formula is C49H49N9O10S2. The van der Waals surface area contributed by atoms with E-state index < -0.39 is 81.3 Å². The van der Waals surface area contributed by atoms with Crippen LogP contribution in [-0.2, 0) is 38.2 Å². The Morgan fingerprint density at radius 2 is 1.31 bits per heavy atom. The number of amides is 5. The van der Waals surface area contributed by atoms with Crippen molar-refractivity contribution >= 4 is 70.0 Å². The highest BCUT2D eigenvalue weighted by Crippen LogP contribution is 2.51. The van der Waals surface area contributed by atoms with E-state index in [4.69, 9.17) is 24.9 Å². The predicted octanol–water partition coefficient (Wildman–Crippen LogP) is 5.90. The molecule has 4 aromatic carbocycles. The number of aromatic nitrogens is 2. The Morgan fingerprint density at radius 1 is 0.786 bits per heavy atom. The summed E-state index contributed by atoms with van der Waals surface area (Å²) in [6.45, 7) is 4.96. The minimum Gasteiger partial charge on any atom is -0.450 e. The fourth-order valence-corrected chi connectivity index (χ4v) is 10.6. The topological polar surface area (TPSA) is 237 Å². The Hall–Kier alpha value is -7.36. The molecule has 4 fully saturated rings. The van der Waals surface area contributed by atoms with Gasteiger partial charge in [-0.15, -0.1) is 0 Å². The number of esters is 2. The maximum atomic E-state index is 14.8. The molecule has 1 saturated carbocycles. The summed E-state index contributed by atoms with van der Waals surface area (Å²) in [7, 11) is 0. The zero-order valence-corrected chi connectivity index (χ0v) is 39.9. The molecule has 0 spiro atoms. The number of ether oxygens (including phenoxy) is 3. The number of thioether (sulfide) groups is 1. The van der Waals surface area contributed by atoms with Gasteiger partial charge in [0.25, 0.3) is 5.91 Å². The molecule has 0 unspecified atom stereocenters. The Morgan fingerprint density at radius 3 is 1.79 bits per heavy atom. The van der Waals surface area contributed by atoms with Gasteiger partial charge in [-0.1, -0.05) is 138 Å². The second kappa shape index (κ2) is 19.6. The first kappa shape index (κ1) is 47.7. The number of nitrogens with two attached hydrogens (primary N) is 1. The van der Waals surface area contributed by atoms with Crippen molar-refractivity contribution in [3.05, 3.63) is 149 Å². The van der Waals surface area contributed by atoms with Gasteiger partial charge in [0.05, 0.1) is 13.1 Å². The van der Waals surface area contributed by atoms with Crippen molar-refractivity contribution in [3.63, 3.8) is 0 Å². The van der Waals surface area contributed by atoms with Gasteiger partial charge >= 0.3 is 24.1 Å². The summed E-state index contributed by atoms with van der Waals surface area (Å²) in [6, 6.07) is 34.8. The van der Waals surface area contributed by atoms with Gasteiger partial charge < -0.3 is 29.3 Å². The highest BCUT2D eigenvalue weighted by atomic mass is 32.2. The second-order valence-corrected chi connectivity index (χ2v) is 20.1. The Kier molecular flexibility index (Phi) is 13.3. The van der Waals surface area contributed by atoms with Crippen LogP contribution in [0.2, 0.25) is 0 Å². The zero-order valence-electron chi connectivity index (χ0n) is 38.3. The highest BCUT2D eigenvalue weighted by Gasteiger charge is 2.67. The average Bonchev–Trinajstić information content (AvgIpc) is 4.06. The lowest BCUT2D eigenvalue weighted by Crippen LogP contribution is -2.68. The number of anilines is 1. The van der Waals surface area contributed by atoms with E-state index in [1.165, 1.54) is 9.80 Å². The number of fused-ring (bicyclic) bond motifs is 1. The van der Waals surface area contributed by atoms with Crippen LogP contribution in [-0.4, -0.2) is 113 Å². The van der Waals surface area contributed by atoms with Crippen molar-refractivity contribution in [2.45, 2.75) is 79.7 Å². The van der Waals surface area contributed by atoms with E-state index in [1.807, 2.05) is 121 Å². The summed E-state index contributed by atoms with van der Waals surface area (Å²) in [5.41, 5.74) is -0.178. The number of hydrogen-bond acceptors (Lipinski definition) is 16. The molecular weight excluding hydrogens is 939 g/mol. The molecule has 5 aromatic rings. The van der Waals surface area contributed by atoms with Crippen LogP contribution >= 0.6 is 23.3 Å². The number of hydrogen-bond donors (Lipinski definition) is 3. The summed E-state index contributed by atoms with van der Waals surface area (Å²) in [5, 5.41) is 9.49. The van der Waals surface area contributed by atoms with Gasteiger partial charge in [-0.25, -0.2) is 25.0 Å². The van der Waals surface area contributed by atoms with E-state index in [9.17, 15) is 28.8 Å². The van der Waals surface area contributed by atoms with Crippen molar-refractivity contribution < 1.29 is 47.8 Å². The van der Waals surface area contributed by atoms with Gasteiger partial charge in [-0.3, -0.25) is 24.8 Å². The molecule has 3 aliphatic heterocycles. The first-order chi connectivity index (χ1) is 33.6. The third-order valence-corrected chi connectivity index (χ3v) is 14.4. The van der Waals surface area contributed by atoms with E-state index >= 15 is 0 Å². The molecule has 1 aromatic heterocycles. The largest absolute Gasteiger partial charge is 0.450 e. The first-order valence-electron chi connectivity index (χ1n) is 22.5. The number of nitrogens with zero attached hydrogens (tertiary/aromatic N) is 6. The number of benzene rings is 4. The number of oxime groups is 1. The number of urea groups is 1. The lowest BCUT2D eigenvalue weighted by atomic mass is 9.80. The zero-order chi connectivity index (χ0) is 49.2. The summed E-state index contributed by atoms with van der Waals surface area (Å²) in [5.74, 6) is 2.68. The standard InChI is InChI=1S/C49H49N9O10S2/c1-47(2,3)67-45(63)53-44-52-38(55-70-44)34(54-68-48(25-16-26-48)42(61)65-36(30-17-8-4-9-18-30)31-19-10-5-11-20-31)39(59)51-35-40(60)56-29-49(69-41(35)56,57-27-28-58(50)46(57)64)43(62)66-37(32-21-12-6-13-22-32)33-23-14-7-15-24-33/h4-15,17-24,35-37,41H,16,25-29,50H2,1-3H3,(H,51,59)(H,52,53,55,63)/b54-34-/t35-,41-,49-/m1/s1. The molecule has 4 aliphatic rings. The summed E-state index contributed by atoms with van der Waals surface area (Å²) >= 11 is 1.70. The molecule has 0 bridgehead atoms. The Bertz CT molecular complexity index is 2720. The van der Waals surface area contributed by atoms with Gasteiger partial charge in [0, 0.05) is 30.9 Å². The Balaban J connectivity index is 0.994. The molecule has 0 radical (unpaired) electrons. The van der Waals surface area contributed by atoms with Crippen molar-refractivity contribution in [2.75, 3.05) is 25.0 Å². The number of β-lactam (4-membered cyclic amide) rings is 1. The average molecular weight is 988 g/mol. The number of carbonyl (C=O) groups excluding carboxylic acids is 6. The van der Waals surface area contributed by atoms with Crippen LogP contribution in [0.1, 0.15) is 80.3 Å². The molecule has 3 saturated heterocycles. The van der Waals surface area contributed by atoms with Crippen LogP contribution in [0, 0.1) is 0 Å². The SMILES string of the molecule is CC(C)(C)OC(=O)Nc1nc(/C(=N/OC2(C(=O)OC(c3ccccc3)c3ccccc3)CCC2)C(=O)N[C@@H]2C(=O)N3C[C@@](C(=O)OC(c4ccccc4)c4ccccc4)(N4CCN(N)C4=O)S[C@H]23)ns1. The normalized spacial score (nSPS) is 20.6. The van der Waals surface area contributed by atoms with E-state index in [0.29, 0.717) is 17.5 Å². The van der Waals surface area contributed by atoms with Gasteiger partial charge in [0.15, 0.2) is 12.2 Å². The first-order valence-corrected chi connectivity index (χ1v) is 24.2. The van der Waals surface area contributed by atoms with E-state index in [-0.39, 0.29) is 43.4 Å². The van der Waals surface area contributed by atoms with Gasteiger partial charge in [-0.05, 0) is 49.4 Å². The fraction of sp³-hybridized carbons (Fsp3) is 0.327. The van der Waals surface area contributed by atoms with Crippen LogP contribution in [0.15, 0.2) is 126 Å². The van der Waals surface area contributed by atoms with Crippen LogP contribution in [0.5, 0.6) is 0 Å². The molecule has 5 amide bonds. The van der Waals surface area contributed by atoms with Crippen LogP contribution in [0.3, 0.4) is 0 Å². The lowest BCUT2D eigenvalue weighted by molar-refractivity contribution is -0.189. The fourth-order valence-electron chi connectivity index (χ4n) is 8.39. The van der Waals surface area contributed by atoms with Crippen molar-refractivity contribution in [3.8, 4) is 0 Å². The number of nitrogens with one attached hydrogen (secondary N) is 2. The molecule has 1 aliphatic carbocycles. The number of rotatable bonds is 15. The molecule has 3 atom stereocenters. The number of hydrazine groups is 1. The summed E-state index contributed by atoms with van der Waals surface area (Å²) < 4.78 is 22.2. The maximum absolute atomic E-state index is 14.8. The quantitative estimate of drug-likeness (QED) is 0.0211. The molecule has 4 N–H and O–H groups in total. The third-order valence-electron chi connectivity index (χ3n) is 12.1. The maximum Gasteiger partial charge on any atom is 0.414 e. The van der Waals surface area contributed by atoms with E-state index in [2.05, 4.69) is 25.1 Å². The van der Waals surface area contributed by atoms with Crippen LogP contribution < -0.4 is 16.5 Å². The van der Waals surface area contributed by atoms with E-state index in [1.54, 1.807) is 20.8 Å². The molecule has 21 heteroatoms. The van der Waals surface area contributed by atoms with Crippen molar-refractivity contribution in [1.82, 2.24) is 29.5 Å². The van der Waals surface area contributed by atoms with Gasteiger partial charge in [-0.2, -0.15) is 9.36 Å². The van der Waals surface area contributed by atoms with Gasteiger partial charge in [0.1, 0.15) is 17.0 Å². The lowest BCUT2D eigenvalue weighted by Gasteiger charge is -2.41. The van der Waals surface area contributed by atoms with Crippen molar-refractivity contribution in [2.24, 2.45) is 11.0 Å². The van der Waals surface area contributed by atoms with Gasteiger partial charge in [0.2, 0.25) is 33.0 Å². The van der Waals surface area contributed by atoms with Crippen LogP contribution in [0.4, 0.5) is 14.7 Å². The minimum absolute atomic E-state index is 0.0508. The molecule has 4 heterocycles. The van der Waals surface area contributed by atoms with Crippen LogP contribution in [0.25, 0.3) is 0 Å². The molecule has 9 rings (SSSR count). The minimum atomic E-state index is -1.78. The van der Waals surface area contributed by atoms with E-state index in [0.717, 1.165) is 39.4 Å². The summed E-state index contributed by atoms with van der Waals surface area (Å²) in [4.78, 5) is 95.3. The number of carbonyl (C=O) groups is 6. The van der Waals surface area contributed by atoms with Crippen molar-refractivity contribution in [1.29, 1.82) is 0 Å². The molecule has 19 nitrogen and oxygen atoms in total. The summed E-state index contributed by atoms with van der Waals surface area (Å²) in [6.07, 6.45) is -1.51. The predicted molar refractivity (Wildman–Crippen MR) is 256 cm³/mol.